The van der Waals surface area contributed by atoms with Gasteiger partial charge < -0.3 is 5.32 Å². The Bertz CT molecular complexity index is 357. The van der Waals surface area contributed by atoms with Crippen molar-refractivity contribution < 1.29 is 9.59 Å². The number of carbonyl (C=O) groups excluding carboxylic acids is 2. The predicted molar refractivity (Wildman–Crippen MR) is 58.4 cm³/mol. The van der Waals surface area contributed by atoms with Gasteiger partial charge in [0.25, 0.3) is 5.91 Å². The molecule has 0 radical (unpaired) electrons. The number of nitrogens with one attached hydrogen (secondary N) is 1. The first kappa shape index (κ1) is 11.2. The van der Waals surface area contributed by atoms with E-state index in [2.05, 4.69) is 11.9 Å². The molecule has 0 saturated carbocycles. The number of amides is 1. The van der Waals surface area contributed by atoms with E-state index in [0.717, 1.165) is 5.56 Å². The molecule has 0 spiro atoms. The number of carbonyl (C=O) groups is 2. The number of hydrogen-bond acceptors (Lipinski definition) is 2. The van der Waals surface area contributed by atoms with Crippen molar-refractivity contribution >= 4 is 11.7 Å². The molecule has 0 fully saturated rings. The Labute approximate surface area is 88.8 Å². The van der Waals surface area contributed by atoms with Crippen LogP contribution in [0.3, 0.4) is 0 Å². The molecule has 0 aliphatic carbocycles. The van der Waals surface area contributed by atoms with Crippen molar-refractivity contribution in [3.8, 4) is 0 Å². The van der Waals surface area contributed by atoms with E-state index in [0.29, 0.717) is 6.54 Å². The lowest BCUT2D eigenvalue weighted by Gasteiger charge is -2.01. The van der Waals surface area contributed by atoms with Gasteiger partial charge >= 0.3 is 0 Å². The smallest absolute Gasteiger partial charge is 0.287 e. The lowest BCUT2D eigenvalue weighted by Crippen LogP contribution is -2.32. The van der Waals surface area contributed by atoms with Crippen LogP contribution >= 0.6 is 0 Å². The van der Waals surface area contributed by atoms with Crippen molar-refractivity contribution in [1.82, 2.24) is 5.32 Å². The Hall–Kier alpha value is -1.90. The van der Waals surface area contributed by atoms with Gasteiger partial charge in [0, 0.05) is 13.0 Å². The minimum Gasteiger partial charge on any atom is -0.346 e. The Morgan fingerprint density at radius 1 is 1.27 bits per heavy atom. The van der Waals surface area contributed by atoms with Gasteiger partial charge in [-0.25, -0.2) is 0 Å². The van der Waals surface area contributed by atoms with Crippen molar-refractivity contribution in [3.05, 3.63) is 48.6 Å². The topological polar surface area (TPSA) is 46.2 Å². The lowest BCUT2D eigenvalue weighted by molar-refractivity contribution is -0.137. The minimum atomic E-state index is -0.557. The van der Waals surface area contributed by atoms with Gasteiger partial charge in [0.2, 0.25) is 5.78 Å². The average Bonchev–Trinajstić information content (AvgIpc) is 2.27. The van der Waals surface area contributed by atoms with Gasteiger partial charge in [0.15, 0.2) is 0 Å². The number of rotatable bonds is 5. The first-order valence-corrected chi connectivity index (χ1v) is 4.70. The first-order chi connectivity index (χ1) is 7.24. The summed E-state index contributed by atoms with van der Waals surface area (Å²) in [4.78, 5) is 22.6. The molecule has 0 unspecified atom stereocenters. The van der Waals surface area contributed by atoms with Crippen LogP contribution in [0.2, 0.25) is 0 Å². The van der Waals surface area contributed by atoms with Gasteiger partial charge in [0.1, 0.15) is 0 Å². The maximum Gasteiger partial charge on any atom is 0.287 e. The molecule has 0 aromatic heterocycles. The van der Waals surface area contributed by atoms with Crippen molar-refractivity contribution in [3.63, 3.8) is 0 Å². The highest BCUT2D eigenvalue weighted by Gasteiger charge is 2.12. The number of Topliss-reactive ketones (excluding diaryl/α,β-unsaturated/α-hetero) is 1. The molecular formula is C12H13NO2. The summed E-state index contributed by atoms with van der Waals surface area (Å²) in [5, 5.41) is 2.45. The SMILES string of the molecule is C=CCNC(=O)C(=O)Cc1ccccc1. The Kier molecular flexibility index (Phi) is 4.29. The molecule has 0 saturated heterocycles. The van der Waals surface area contributed by atoms with Crippen molar-refractivity contribution in [2.45, 2.75) is 6.42 Å². The normalized spacial score (nSPS) is 9.33. The Morgan fingerprint density at radius 2 is 1.93 bits per heavy atom. The van der Waals surface area contributed by atoms with E-state index in [-0.39, 0.29) is 6.42 Å². The zero-order valence-electron chi connectivity index (χ0n) is 8.40. The second-order valence-corrected chi connectivity index (χ2v) is 3.08. The van der Waals surface area contributed by atoms with E-state index in [1.807, 2.05) is 30.3 Å². The number of hydrogen-bond donors (Lipinski definition) is 1. The van der Waals surface area contributed by atoms with Crippen molar-refractivity contribution in [1.29, 1.82) is 0 Å². The van der Waals surface area contributed by atoms with Crippen molar-refractivity contribution in [2.24, 2.45) is 0 Å². The number of ketones is 1. The Balaban J connectivity index is 2.49. The molecule has 3 heteroatoms. The molecule has 78 valence electrons. The Morgan fingerprint density at radius 3 is 2.53 bits per heavy atom. The summed E-state index contributed by atoms with van der Waals surface area (Å²) >= 11 is 0. The minimum absolute atomic E-state index is 0.143. The monoisotopic (exact) mass is 203 g/mol. The standard InChI is InChI=1S/C12H13NO2/c1-2-8-13-12(15)11(14)9-10-6-4-3-5-7-10/h2-7H,1,8-9H2,(H,13,15). The van der Waals surface area contributed by atoms with Crippen LogP contribution in [-0.4, -0.2) is 18.2 Å². The second-order valence-electron chi connectivity index (χ2n) is 3.08. The van der Waals surface area contributed by atoms with Crippen LogP contribution < -0.4 is 5.32 Å². The third-order valence-corrected chi connectivity index (χ3v) is 1.87. The molecule has 0 aliphatic rings. The van der Waals surface area contributed by atoms with Gasteiger partial charge in [-0.1, -0.05) is 36.4 Å². The van der Waals surface area contributed by atoms with Crippen LogP contribution in [0, 0.1) is 0 Å². The van der Waals surface area contributed by atoms with Gasteiger partial charge in [0.05, 0.1) is 0 Å². The highest BCUT2D eigenvalue weighted by molar-refractivity contribution is 6.36. The van der Waals surface area contributed by atoms with Crippen molar-refractivity contribution in [2.75, 3.05) is 6.54 Å². The van der Waals surface area contributed by atoms with E-state index in [1.165, 1.54) is 6.08 Å². The molecule has 1 aromatic carbocycles. The molecule has 1 amide bonds. The fourth-order valence-electron chi connectivity index (χ4n) is 1.12. The average molecular weight is 203 g/mol. The quantitative estimate of drug-likeness (QED) is 0.575. The summed E-state index contributed by atoms with van der Waals surface area (Å²) in [6.07, 6.45) is 1.68. The molecule has 0 atom stereocenters. The summed E-state index contributed by atoms with van der Waals surface area (Å²) < 4.78 is 0. The first-order valence-electron chi connectivity index (χ1n) is 4.70. The number of benzene rings is 1. The molecule has 1 aromatic rings. The van der Waals surface area contributed by atoms with Crippen LogP contribution in [0.15, 0.2) is 43.0 Å². The maximum absolute atomic E-state index is 11.4. The van der Waals surface area contributed by atoms with Crippen LogP contribution in [0.4, 0.5) is 0 Å². The molecule has 1 N–H and O–H groups in total. The molecule has 3 nitrogen and oxygen atoms in total. The zero-order chi connectivity index (χ0) is 11.1. The summed E-state index contributed by atoms with van der Waals surface area (Å²) in [5.74, 6) is -0.984. The summed E-state index contributed by atoms with van der Waals surface area (Å²) in [5.41, 5.74) is 0.844. The van der Waals surface area contributed by atoms with Gasteiger partial charge in [-0.15, -0.1) is 6.58 Å². The lowest BCUT2D eigenvalue weighted by atomic mass is 10.1. The predicted octanol–water partition coefficient (Wildman–Crippen LogP) is 1.10. The summed E-state index contributed by atoms with van der Waals surface area (Å²) in [6, 6.07) is 9.18. The van der Waals surface area contributed by atoms with E-state index >= 15 is 0 Å². The van der Waals surface area contributed by atoms with Crippen LogP contribution in [0.5, 0.6) is 0 Å². The van der Waals surface area contributed by atoms with Crippen LogP contribution in [-0.2, 0) is 16.0 Å². The van der Waals surface area contributed by atoms with Gasteiger partial charge in [-0.2, -0.15) is 0 Å². The summed E-state index contributed by atoms with van der Waals surface area (Å²) in [6.45, 7) is 3.77. The molecular weight excluding hydrogens is 190 g/mol. The molecule has 0 aliphatic heterocycles. The highest BCUT2D eigenvalue weighted by atomic mass is 16.2. The van der Waals surface area contributed by atoms with Gasteiger partial charge in [-0.3, -0.25) is 9.59 Å². The van der Waals surface area contributed by atoms with Crippen LogP contribution in [0.1, 0.15) is 5.56 Å². The molecule has 15 heavy (non-hydrogen) atoms. The van der Waals surface area contributed by atoms with E-state index < -0.39 is 11.7 Å². The van der Waals surface area contributed by atoms with Crippen LogP contribution in [0.25, 0.3) is 0 Å². The highest BCUT2D eigenvalue weighted by Crippen LogP contribution is 1.99. The van der Waals surface area contributed by atoms with E-state index in [9.17, 15) is 9.59 Å². The molecule has 0 heterocycles. The zero-order valence-corrected chi connectivity index (χ0v) is 8.40. The molecule has 1 rings (SSSR count). The fourth-order valence-corrected chi connectivity index (χ4v) is 1.12. The second kappa shape index (κ2) is 5.75. The maximum atomic E-state index is 11.4. The van der Waals surface area contributed by atoms with E-state index in [4.69, 9.17) is 0 Å². The third-order valence-electron chi connectivity index (χ3n) is 1.87. The molecule has 0 bridgehead atoms. The van der Waals surface area contributed by atoms with Gasteiger partial charge in [-0.05, 0) is 5.56 Å². The third kappa shape index (κ3) is 3.77. The van der Waals surface area contributed by atoms with E-state index in [1.54, 1.807) is 0 Å². The fraction of sp³-hybridized carbons (Fsp3) is 0.167. The summed E-state index contributed by atoms with van der Waals surface area (Å²) in [7, 11) is 0. The largest absolute Gasteiger partial charge is 0.346 e.